The molecule has 3 aromatic carbocycles. The summed E-state index contributed by atoms with van der Waals surface area (Å²) >= 11 is 0. The molecule has 0 aliphatic carbocycles. The molecule has 192 valence electrons. The molecule has 1 N–H and O–H groups in total. The summed E-state index contributed by atoms with van der Waals surface area (Å²) in [6.07, 6.45) is 0.828. The van der Waals surface area contributed by atoms with Crippen LogP contribution >= 0.6 is 0 Å². The quantitative estimate of drug-likeness (QED) is 0.237. The van der Waals surface area contributed by atoms with E-state index in [1.54, 1.807) is 12.1 Å². The molecule has 1 heterocycles. The molecule has 3 aromatic rings. The Morgan fingerprint density at radius 3 is 2.19 bits per heavy atom. The number of carbonyl (C=O) groups is 2. The minimum absolute atomic E-state index is 0.00610. The Hall–Kier alpha value is -4.13. The SMILES string of the molecule is CCc1ccc(N2C(=O)C(=O)/C(=C(/O)c3cc(F)ccc3OC)C2c2ccc(N(CC)CC)cc2)cc1. The molecule has 1 aliphatic heterocycles. The predicted octanol–water partition coefficient (Wildman–Crippen LogP) is 5.87. The van der Waals surface area contributed by atoms with Crippen molar-refractivity contribution in [2.75, 3.05) is 30.0 Å². The van der Waals surface area contributed by atoms with E-state index in [-0.39, 0.29) is 16.9 Å². The number of amides is 1. The number of methoxy groups -OCH3 is 1. The fourth-order valence-corrected chi connectivity index (χ4v) is 4.77. The number of rotatable bonds is 8. The van der Waals surface area contributed by atoms with E-state index in [0.29, 0.717) is 11.3 Å². The van der Waals surface area contributed by atoms with Gasteiger partial charge in [-0.3, -0.25) is 14.5 Å². The average Bonchev–Trinajstić information content (AvgIpc) is 3.19. The average molecular weight is 503 g/mol. The maximum absolute atomic E-state index is 14.2. The first-order chi connectivity index (χ1) is 17.8. The molecule has 0 bridgehead atoms. The Kier molecular flexibility index (Phi) is 7.62. The molecule has 6 nitrogen and oxygen atoms in total. The largest absolute Gasteiger partial charge is 0.507 e. The Balaban J connectivity index is 1.93. The summed E-state index contributed by atoms with van der Waals surface area (Å²) in [5.74, 6) is -2.51. The number of aryl methyl sites for hydroxylation is 1. The number of carbonyl (C=O) groups excluding carboxylic acids is 2. The predicted molar refractivity (Wildman–Crippen MR) is 144 cm³/mol. The molecule has 1 saturated heterocycles. The highest BCUT2D eigenvalue weighted by Crippen LogP contribution is 2.43. The molecular formula is C30H31FN2O4. The second kappa shape index (κ2) is 10.9. The van der Waals surface area contributed by atoms with E-state index in [4.69, 9.17) is 4.74 Å². The van der Waals surface area contributed by atoms with Crippen LogP contribution in [0, 0.1) is 5.82 Å². The van der Waals surface area contributed by atoms with Gasteiger partial charge in [0.2, 0.25) is 0 Å². The van der Waals surface area contributed by atoms with Crippen LogP contribution in [-0.2, 0) is 16.0 Å². The zero-order valence-electron chi connectivity index (χ0n) is 21.5. The maximum Gasteiger partial charge on any atom is 0.300 e. The first kappa shape index (κ1) is 25.9. The van der Waals surface area contributed by atoms with Gasteiger partial charge in [0.25, 0.3) is 11.7 Å². The number of benzene rings is 3. The molecule has 1 amide bonds. The molecule has 0 spiro atoms. The zero-order valence-corrected chi connectivity index (χ0v) is 21.5. The number of ether oxygens (including phenoxy) is 1. The smallest absolute Gasteiger partial charge is 0.300 e. The van der Waals surface area contributed by atoms with Gasteiger partial charge in [0.1, 0.15) is 17.3 Å². The van der Waals surface area contributed by atoms with E-state index >= 15 is 0 Å². The van der Waals surface area contributed by atoms with Crippen LogP contribution < -0.4 is 14.5 Å². The highest BCUT2D eigenvalue weighted by molar-refractivity contribution is 6.51. The second-order valence-corrected chi connectivity index (χ2v) is 8.80. The highest BCUT2D eigenvalue weighted by atomic mass is 19.1. The molecule has 1 atom stereocenters. The summed E-state index contributed by atoms with van der Waals surface area (Å²) in [6, 6.07) is 17.7. The first-order valence-electron chi connectivity index (χ1n) is 12.4. The lowest BCUT2D eigenvalue weighted by Gasteiger charge is -2.27. The summed E-state index contributed by atoms with van der Waals surface area (Å²) in [7, 11) is 1.39. The van der Waals surface area contributed by atoms with E-state index in [2.05, 4.69) is 18.7 Å². The summed E-state index contributed by atoms with van der Waals surface area (Å²) in [6.45, 7) is 7.83. The number of hydrogen-bond donors (Lipinski definition) is 1. The van der Waals surface area contributed by atoms with E-state index in [9.17, 15) is 19.1 Å². The normalized spacial score (nSPS) is 16.8. The summed E-state index contributed by atoms with van der Waals surface area (Å²) in [4.78, 5) is 30.4. The zero-order chi connectivity index (χ0) is 26.7. The molecular weight excluding hydrogens is 471 g/mol. The molecule has 4 rings (SSSR count). The van der Waals surface area contributed by atoms with Crippen LogP contribution in [0.2, 0.25) is 0 Å². The molecule has 7 heteroatoms. The Morgan fingerprint density at radius 2 is 1.62 bits per heavy atom. The van der Waals surface area contributed by atoms with Crippen molar-refractivity contribution >= 4 is 28.8 Å². The van der Waals surface area contributed by atoms with Gasteiger partial charge < -0.3 is 14.7 Å². The third kappa shape index (κ3) is 4.81. The van der Waals surface area contributed by atoms with Crippen LogP contribution in [0.4, 0.5) is 15.8 Å². The monoisotopic (exact) mass is 502 g/mol. The van der Waals surface area contributed by atoms with E-state index in [1.165, 1.54) is 24.1 Å². The van der Waals surface area contributed by atoms with Crippen molar-refractivity contribution in [3.63, 3.8) is 0 Å². The third-order valence-corrected chi connectivity index (χ3v) is 6.82. The lowest BCUT2D eigenvalue weighted by Crippen LogP contribution is -2.29. The van der Waals surface area contributed by atoms with Crippen LogP contribution in [-0.4, -0.2) is 37.0 Å². The van der Waals surface area contributed by atoms with Gasteiger partial charge >= 0.3 is 0 Å². The van der Waals surface area contributed by atoms with Gasteiger partial charge in [-0.15, -0.1) is 0 Å². The van der Waals surface area contributed by atoms with Gasteiger partial charge in [0.05, 0.1) is 24.3 Å². The van der Waals surface area contributed by atoms with Crippen molar-refractivity contribution in [1.29, 1.82) is 0 Å². The highest BCUT2D eigenvalue weighted by Gasteiger charge is 2.47. The number of anilines is 2. The Labute approximate surface area is 216 Å². The lowest BCUT2D eigenvalue weighted by atomic mass is 9.94. The molecule has 0 radical (unpaired) electrons. The first-order valence-corrected chi connectivity index (χ1v) is 12.4. The van der Waals surface area contributed by atoms with E-state index in [0.717, 1.165) is 36.8 Å². The fourth-order valence-electron chi connectivity index (χ4n) is 4.77. The molecule has 1 unspecified atom stereocenters. The van der Waals surface area contributed by atoms with Crippen molar-refractivity contribution in [2.24, 2.45) is 0 Å². The van der Waals surface area contributed by atoms with Crippen LogP contribution in [0.3, 0.4) is 0 Å². The number of halogens is 1. The Morgan fingerprint density at radius 1 is 0.973 bits per heavy atom. The number of aliphatic hydroxyl groups is 1. The molecule has 0 saturated carbocycles. The maximum atomic E-state index is 14.2. The van der Waals surface area contributed by atoms with Gasteiger partial charge in [-0.1, -0.05) is 31.2 Å². The van der Waals surface area contributed by atoms with Crippen molar-refractivity contribution in [3.8, 4) is 5.75 Å². The summed E-state index contributed by atoms with van der Waals surface area (Å²) in [5.41, 5.74) is 3.15. The number of ketones is 1. The fraction of sp³-hybridized carbons (Fsp3) is 0.267. The summed E-state index contributed by atoms with van der Waals surface area (Å²) < 4.78 is 19.5. The third-order valence-electron chi connectivity index (χ3n) is 6.82. The molecule has 37 heavy (non-hydrogen) atoms. The summed E-state index contributed by atoms with van der Waals surface area (Å²) in [5, 5.41) is 11.4. The van der Waals surface area contributed by atoms with Crippen molar-refractivity contribution in [2.45, 2.75) is 33.2 Å². The van der Waals surface area contributed by atoms with Gasteiger partial charge in [-0.25, -0.2) is 4.39 Å². The van der Waals surface area contributed by atoms with Gasteiger partial charge in [-0.2, -0.15) is 0 Å². The van der Waals surface area contributed by atoms with Crippen LogP contribution in [0.5, 0.6) is 5.75 Å². The minimum atomic E-state index is -0.911. The van der Waals surface area contributed by atoms with Gasteiger partial charge in [0, 0.05) is 24.5 Å². The van der Waals surface area contributed by atoms with Crippen molar-refractivity contribution < 1.29 is 23.8 Å². The standard InChI is InChI=1S/C30H31FN2O4/c1-5-19-8-13-23(14-9-19)33-27(20-10-15-22(16-11-20)32(6-2)7-3)26(29(35)30(33)36)28(34)24-18-21(31)12-17-25(24)37-4/h8-18,27,34H,5-7H2,1-4H3/b28-26+. The van der Waals surface area contributed by atoms with Gasteiger partial charge in [-0.05, 0) is 73.9 Å². The van der Waals surface area contributed by atoms with Crippen LogP contribution in [0.15, 0.2) is 72.3 Å². The minimum Gasteiger partial charge on any atom is -0.507 e. The van der Waals surface area contributed by atoms with Crippen molar-refractivity contribution in [1.82, 2.24) is 0 Å². The number of Topliss-reactive ketones (excluding diaryl/α,β-unsaturated/α-hetero) is 1. The van der Waals surface area contributed by atoms with Gasteiger partial charge in [0.15, 0.2) is 0 Å². The number of hydrogen-bond acceptors (Lipinski definition) is 5. The van der Waals surface area contributed by atoms with Crippen LogP contribution in [0.25, 0.3) is 5.76 Å². The van der Waals surface area contributed by atoms with E-state index in [1.807, 2.05) is 43.3 Å². The number of nitrogens with zero attached hydrogens (tertiary/aromatic N) is 2. The second-order valence-electron chi connectivity index (χ2n) is 8.80. The van der Waals surface area contributed by atoms with Crippen molar-refractivity contribution in [3.05, 3.63) is 94.8 Å². The lowest BCUT2D eigenvalue weighted by molar-refractivity contribution is -0.132. The van der Waals surface area contributed by atoms with Crippen LogP contribution in [0.1, 0.15) is 43.5 Å². The van der Waals surface area contributed by atoms with E-state index < -0.39 is 29.3 Å². The molecule has 0 aromatic heterocycles. The molecule has 1 aliphatic rings. The topological polar surface area (TPSA) is 70.1 Å². The number of aliphatic hydroxyl groups excluding tert-OH is 1. The molecule has 1 fully saturated rings. The Bertz CT molecular complexity index is 1330.